The minimum atomic E-state index is 0.783. The second-order valence-electron chi connectivity index (χ2n) is 4.25. The Labute approximate surface area is 102 Å². The first kappa shape index (κ1) is 11.6. The summed E-state index contributed by atoms with van der Waals surface area (Å²) in [5, 5.41) is 0. The molecule has 0 spiro atoms. The highest BCUT2D eigenvalue weighted by Crippen LogP contribution is 2.17. The second-order valence-corrected chi connectivity index (χ2v) is 4.64. The Morgan fingerprint density at radius 2 is 1.94 bits per heavy atom. The van der Waals surface area contributed by atoms with E-state index in [1.807, 2.05) is 0 Å². The van der Waals surface area contributed by atoms with Crippen molar-refractivity contribution in [1.29, 1.82) is 0 Å². The predicted molar refractivity (Wildman–Crippen MR) is 69.0 cm³/mol. The van der Waals surface area contributed by atoms with Gasteiger partial charge in [-0.15, -0.1) is 0 Å². The summed E-state index contributed by atoms with van der Waals surface area (Å²) in [4.78, 5) is 3.20. The molecule has 0 unspecified atom stereocenters. The summed E-state index contributed by atoms with van der Waals surface area (Å²) >= 11 is 5.56. The van der Waals surface area contributed by atoms with E-state index in [0.29, 0.717) is 0 Å². The number of rotatable bonds is 1. The normalized spacial score (nSPS) is 16.6. The summed E-state index contributed by atoms with van der Waals surface area (Å²) in [5.74, 6) is 0. The van der Waals surface area contributed by atoms with E-state index in [4.69, 9.17) is 17.0 Å². The van der Waals surface area contributed by atoms with Gasteiger partial charge in [0.05, 0.1) is 13.2 Å². The van der Waals surface area contributed by atoms with Crippen LogP contribution in [-0.4, -0.2) is 40.8 Å². The molecule has 2 heterocycles. The van der Waals surface area contributed by atoms with Gasteiger partial charge in [0.25, 0.3) is 0 Å². The molecule has 0 aromatic carbocycles. The fourth-order valence-corrected chi connectivity index (χ4v) is 2.40. The average Bonchev–Trinajstić information content (AvgIpc) is 2.57. The van der Waals surface area contributed by atoms with E-state index < -0.39 is 0 Å². The lowest BCUT2D eigenvalue weighted by atomic mass is 10.2. The SMILES string of the molecule is Cc1cc(C(=S)N2CCOCC2)c(C)n1C. The van der Waals surface area contributed by atoms with E-state index in [1.165, 1.54) is 17.0 Å². The van der Waals surface area contributed by atoms with Gasteiger partial charge in [-0.25, -0.2) is 0 Å². The van der Waals surface area contributed by atoms with E-state index in [9.17, 15) is 0 Å². The van der Waals surface area contributed by atoms with Crippen molar-refractivity contribution in [2.75, 3.05) is 26.3 Å². The molecular weight excluding hydrogens is 220 g/mol. The molecular formula is C12H18N2OS. The molecule has 2 rings (SSSR count). The molecule has 1 aliphatic heterocycles. The van der Waals surface area contributed by atoms with Crippen LogP contribution in [0.15, 0.2) is 6.07 Å². The molecule has 3 nitrogen and oxygen atoms in total. The first-order chi connectivity index (χ1) is 7.61. The Morgan fingerprint density at radius 3 is 2.44 bits per heavy atom. The van der Waals surface area contributed by atoms with Gasteiger partial charge in [0.1, 0.15) is 4.99 Å². The van der Waals surface area contributed by atoms with E-state index in [0.717, 1.165) is 31.3 Å². The van der Waals surface area contributed by atoms with Crippen LogP contribution in [0.25, 0.3) is 0 Å². The first-order valence-electron chi connectivity index (χ1n) is 5.61. The van der Waals surface area contributed by atoms with Crippen molar-refractivity contribution in [3.63, 3.8) is 0 Å². The van der Waals surface area contributed by atoms with Crippen molar-refractivity contribution in [2.45, 2.75) is 13.8 Å². The fraction of sp³-hybridized carbons (Fsp3) is 0.583. The smallest absolute Gasteiger partial charge is 0.111 e. The van der Waals surface area contributed by atoms with Crippen molar-refractivity contribution in [1.82, 2.24) is 9.47 Å². The summed E-state index contributed by atoms with van der Waals surface area (Å²) in [6, 6.07) is 2.17. The minimum absolute atomic E-state index is 0.783. The zero-order valence-electron chi connectivity index (χ0n) is 10.1. The highest BCUT2D eigenvalue weighted by Gasteiger charge is 2.18. The molecule has 4 heteroatoms. The number of nitrogens with zero attached hydrogens (tertiary/aromatic N) is 2. The van der Waals surface area contributed by atoms with Crippen LogP contribution < -0.4 is 0 Å². The lowest BCUT2D eigenvalue weighted by Crippen LogP contribution is -2.40. The number of ether oxygens (including phenoxy) is 1. The van der Waals surface area contributed by atoms with Gasteiger partial charge in [-0.2, -0.15) is 0 Å². The largest absolute Gasteiger partial charge is 0.378 e. The molecule has 1 saturated heterocycles. The average molecular weight is 238 g/mol. The molecule has 0 atom stereocenters. The van der Waals surface area contributed by atoms with Gasteiger partial charge in [-0.1, -0.05) is 12.2 Å². The van der Waals surface area contributed by atoms with Crippen LogP contribution in [-0.2, 0) is 11.8 Å². The van der Waals surface area contributed by atoms with Crippen LogP contribution in [0.5, 0.6) is 0 Å². The van der Waals surface area contributed by atoms with Gasteiger partial charge in [0.2, 0.25) is 0 Å². The molecule has 1 aromatic heterocycles. The number of aryl methyl sites for hydroxylation is 1. The monoisotopic (exact) mass is 238 g/mol. The summed E-state index contributed by atoms with van der Waals surface area (Å²) in [7, 11) is 2.08. The van der Waals surface area contributed by atoms with E-state index in [2.05, 4.69) is 36.4 Å². The van der Waals surface area contributed by atoms with Gasteiger partial charge in [-0.3, -0.25) is 0 Å². The summed E-state index contributed by atoms with van der Waals surface area (Å²) < 4.78 is 7.52. The van der Waals surface area contributed by atoms with E-state index in [1.54, 1.807) is 0 Å². The van der Waals surface area contributed by atoms with Gasteiger partial charge in [-0.05, 0) is 19.9 Å². The predicted octanol–water partition coefficient (Wildman–Crippen LogP) is 1.65. The van der Waals surface area contributed by atoms with Gasteiger partial charge in [0.15, 0.2) is 0 Å². The zero-order valence-corrected chi connectivity index (χ0v) is 10.9. The summed E-state index contributed by atoms with van der Waals surface area (Å²) in [6.45, 7) is 7.61. The quantitative estimate of drug-likeness (QED) is 0.693. The van der Waals surface area contributed by atoms with Crippen LogP contribution in [0.2, 0.25) is 0 Å². The van der Waals surface area contributed by atoms with Crippen LogP contribution in [0.3, 0.4) is 0 Å². The van der Waals surface area contributed by atoms with Gasteiger partial charge >= 0.3 is 0 Å². The lowest BCUT2D eigenvalue weighted by molar-refractivity contribution is 0.0692. The fourth-order valence-electron chi connectivity index (χ4n) is 2.01. The third-order valence-electron chi connectivity index (χ3n) is 3.30. The molecule has 0 saturated carbocycles. The molecule has 0 N–H and O–H groups in total. The molecule has 0 amide bonds. The molecule has 0 bridgehead atoms. The van der Waals surface area contributed by atoms with Gasteiger partial charge < -0.3 is 14.2 Å². The Kier molecular flexibility index (Phi) is 3.30. The van der Waals surface area contributed by atoms with Crippen molar-refractivity contribution >= 4 is 17.2 Å². The maximum atomic E-state index is 5.56. The highest BCUT2D eigenvalue weighted by molar-refractivity contribution is 7.80. The van der Waals surface area contributed by atoms with E-state index >= 15 is 0 Å². The third kappa shape index (κ3) is 1.99. The van der Waals surface area contributed by atoms with Crippen molar-refractivity contribution in [2.24, 2.45) is 7.05 Å². The first-order valence-corrected chi connectivity index (χ1v) is 6.02. The Hall–Kier alpha value is -0.870. The summed E-state index contributed by atoms with van der Waals surface area (Å²) in [5.41, 5.74) is 3.69. The molecule has 1 fully saturated rings. The maximum absolute atomic E-state index is 5.56. The maximum Gasteiger partial charge on any atom is 0.111 e. The molecule has 88 valence electrons. The second kappa shape index (κ2) is 4.55. The summed E-state index contributed by atoms with van der Waals surface area (Å²) in [6.07, 6.45) is 0. The van der Waals surface area contributed by atoms with Gasteiger partial charge in [0, 0.05) is 37.1 Å². The standard InChI is InChI=1S/C12H18N2OS/c1-9-8-11(10(2)13(9)3)12(16)14-4-6-15-7-5-14/h8H,4-7H2,1-3H3. The van der Waals surface area contributed by atoms with Crippen LogP contribution >= 0.6 is 12.2 Å². The lowest BCUT2D eigenvalue weighted by Gasteiger charge is -2.29. The van der Waals surface area contributed by atoms with Crippen molar-refractivity contribution < 1.29 is 4.74 Å². The molecule has 0 aliphatic carbocycles. The van der Waals surface area contributed by atoms with Crippen LogP contribution in [0.1, 0.15) is 17.0 Å². The Balaban J connectivity index is 2.22. The third-order valence-corrected chi connectivity index (χ3v) is 3.78. The van der Waals surface area contributed by atoms with Crippen molar-refractivity contribution in [3.05, 3.63) is 23.0 Å². The molecule has 0 radical (unpaired) electrons. The number of hydrogen-bond acceptors (Lipinski definition) is 2. The number of hydrogen-bond donors (Lipinski definition) is 0. The Bertz CT molecular complexity index is 405. The molecule has 1 aliphatic rings. The van der Waals surface area contributed by atoms with E-state index in [-0.39, 0.29) is 0 Å². The zero-order chi connectivity index (χ0) is 11.7. The van der Waals surface area contributed by atoms with Crippen LogP contribution in [0, 0.1) is 13.8 Å². The molecule has 1 aromatic rings. The molecule has 16 heavy (non-hydrogen) atoms. The topological polar surface area (TPSA) is 17.4 Å². The van der Waals surface area contributed by atoms with Crippen LogP contribution in [0.4, 0.5) is 0 Å². The number of morpholine rings is 1. The minimum Gasteiger partial charge on any atom is -0.378 e. The highest BCUT2D eigenvalue weighted by atomic mass is 32.1. The number of aromatic nitrogens is 1. The number of thiocarbonyl (C=S) groups is 1. The Morgan fingerprint density at radius 1 is 1.31 bits per heavy atom. The van der Waals surface area contributed by atoms with Crippen molar-refractivity contribution in [3.8, 4) is 0 Å².